The number of unbranched alkanes of at least 4 members (excludes halogenated alkanes) is 17. The van der Waals surface area contributed by atoms with Crippen LogP contribution in [0, 0.1) is 0 Å². The Bertz CT molecular complexity index is 379. The summed E-state index contributed by atoms with van der Waals surface area (Å²) in [6.07, 6.45) is 25.7. The van der Waals surface area contributed by atoms with E-state index in [4.69, 9.17) is 9.05 Å². The zero-order valence-corrected chi connectivity index (χ0v) is 22.3. The van der Waals surface area contributed by atoms with E-state index in [9.17, 15) is 4.57 Å². The molecule has 0 saturated heterocycles. The van der Waals surface area contributed by atoms with E-state index < -0.39 is 7.75 Å². The summed E-state index contributed by atoms with van der Waals surface area (Å²) in [6, 6.07) is 0. The zero-order valence-electron chi connectivity index (χ0n) is 21.4. The van der Waals surface area contributed by atoms with Crippen molar-refractivity contribution in [3.05, 3.63) is 0 Å². The van der Waals surface area contributed by atoms with Crippen molar-refractivity contribution in [3.8, 4) is 0 Å². The van der Waals surface area contributed by atoms with Gasteiger partial charge in [0.2, 0.25) is 0 Å². The van der Waals surface area contributed by atoms with Gasteiger partial charge in [-0.3, -0.25) is 9.05 Å². The molecule has 0 aromatic heterocycles. The summed E-state index contributed by atoms with van der Waals surface area (Å²) in [6.45, 7) is 8.23. The molecule has 0 aromatic rings. The van der Waals surface area contributed by atoms with Crippen LogP contribution in [0.25, 0.3) is 0 Å². The molecular formula is C26H56NO3P. The molecule has 0 spiro atoms. The number of hydrogen-bond donors (Lipinski definition) is 1. The van der Waals surface area contributed by atoms with Crippen LogP contribution in [0.4, 0.5) is 0 Å². The molecule has 0 bridgehead atoms. The van der Waals surface area contributed by atoms with Crippen LogP contribution in [0.3, 0.4) is 0 Å². The summed E-state index contributed by atoms with van der Waals surface area (Å²) in [5.41, 5.74) is 0. The fraction of sp³-hybridized carbons (Fsp3) is 1.00. The van der Waals surface area contributed by atoms with Gasteiger partial charge in [-0.15, -0.1) is 0 Å². The minimum Gasteiger partial charge on any atom is -0.297 e. The van der Waals surface area contributed by atoms with E-state index in [1.165, 1.54) is 96.3 Å². The molecule has 0 amide bonds. The molecule has 0 saturated carbocycles. The third-order valence-electron chi connectivity index (χ3n) is 5.85. The molecule has 1 N–H and O–H groups in total. The number of hydrogen-bond acceptors (Lipinski definition) is 3. The molecule has 5 heteroatoms. The molecule has 0 aliphatic carbocycles. The zero-order chi connectivity index (χ0) is 22.9. The average molecular weight is 462 g/mol. The molecule has 0 rings (SSSR count). The van der Waals surface area contributed by atoms with Crippen molar-refractivity contribution in [2.45, 2.75) is 149 Å². The molecule has 0 radical (unpaired) electrons. The molecule has 0 heterocycles. The fourth-order valence-electron chi connectivity index (χ4n) is 3.68. The lowest BCUT2D eigenvalue weighted by molar-refractivity contribution is 0.191. The number of rotatable bonds is 26. The van der Waals surface area contributed by atoms with Crippen LogP contribution >= 0.6 is 7.75 Å². The lowest BCUT2D eigenvalue weighted by atomic mass is 10.0. The third kappa shape index (κ3) is 23.1. The molecule has 31 heavy (non-hydrogen) atoms. The highest BCUT2D eigenvalue weighted by Crippen LogP contribution is 2.43. The molecule has 0 aliphatic heterocycles. The van der Waals surface area contributed by atoms with E-state index in [2.05, 4.69) is 25.9 Å². The summed E-state index contributed by atoms with van der Waals surface area (Å²) in [5.74, 6) is 0. The summed E-state index contributed by atoms with van der Waals surface area (Å²) in [5, 5.41) is 3.07. The molecule has 0 aliphatic rings. The summed E-state index contributed by atoms with van der Waals surface area (Å²) in [4.78, 5) is 0. The van der Waals surface area contributed by atoms with Gasteiger partial charge in [-0.1, -0.05) is 130 Å². The molecule has 0 unspecified atom stereocenters. The van der Waals surface area contributed by atoms with Crippen LogP contribution < -0.4 is 5.09 Å². The first kappa shape index (κ1) is 31.1. The smallest absolute Gasteiger partial charge is 0.297 e. The van der Waals surface area contributed by atoms with Crippen molar-refractivity contribution in [1.82, 2.24) is 5.09 Å². The van der Waals surface area contributed by atoms with Gasteiger partial charge in [-0.05, 0) is 19.3 Å². The van der Waals surface area contributed by atoms with Crippen molar-refractivity contribution in [3.63, 3.8) is 0 Å². The van der Waals surface area contributed by atoms with E-state index in [1.54, 1.807) is 0 Å². The molecule has 0 aromatic carbocycles. The van der Waals surface area contributed by atoms with Crippen molar-refractivity contribution in [1.29, 1.82) is 0 Å². The standard InChI is InChI=1S/C26H56NO3P/c1-4-7-10-11-12-13-14-15-16-17-18-19-20-21-22-23-24-27-31(28,29-25-8-5-2)30-26-9-6-3/h4-26H2,1-3H3,(H,27,28). The second-order valence-corrected chi connectivity index (χ2v) is 10.9. The molecular weight excluding hydrogens is 405 g/mol. The van der Waals surface area contributed by atoms with Gasteiger partial charge < -0.3 is 0 Å². The lowest BCUT2D eigenvalue weighted by Crippen LogP contribution is -2.17. The normalized spacial score (nSPS) is 12.0. The van der Waals surface area contributed by atoms with Crippen LogP contribution in [-0.4, -0.2) is 19.8 Å². The van der Waals surface area contributed by atoms with Crippen molar-refractivity contribution < 1.29 is 13.6 Å². The maximum atomic E-state index is 12.8. The topological polar surface area (TPSA) is 47.6 Å². The Labute approximate surface area is 195 Å². The Morgan fingerprint density at radius 3 is 1.16 bits per heavy atom. The summed E-state index contributed by atoms with van der Waals surface area (Å²) < 4.78 is 23.9. The van der Waals surface area contributed by atoms with Crippen LogP contribution in [0.2, 0.25) is 0 Å². The monoisotopic (exact) mass is 461 g/mol. The first-order valence-corrected chi connectivity index (χ1v) is 15.4. The molecule has 4 nitrogen and oxygen atoms in total. The van der Waals surface area contributed by atoms with Crippen molar-refractivity contribution in [2.75, 3.05) is 19.8 Å². The van der Waals surface area contributed by atoms with Crippen LogP contribution in [-0.2, 0) is 13.6 Å². The second kappa shape index (κ2) is 24.7. The quantitative estimate of drug-likeness (QED) is 0.103. The highest BCUT2D eigenvalue weighted by molar-refractivity contribution is 7.51. The van der Waals surface area contributed by atoms with E-state index in [1.807, 2.05) is 0 Å². The van der Waals surface area contributed by atoms with Crippen LogP contribution in [0.15, 0.2) is 0 Å². The predicted octanol–water partition coefficient (Wildman–Crippen LogP) is 9.58. The first-order chi connectivity index (χ1) is 15.2. The van der Waals surface area contributed by atoms with Gasteiger partial charge in [0.05, 0.1) is 13.2 Å². The first-order valence-electron chi connectivity index (χ1n) is 13.8. The Kier molecular flexibility index (Phi) is 24.8. The lowest BCUT2D eigenvalue weighted by Gasteiger charge is -2.19. The van der Waals surface area contributed by atoms with E-state index in [0.29, 0.717) is 19.8 Å². The third-order valence-corrected chi connectivity index (χ3v) is 7.51. The highest BCUT2D eigenvalue weighted by atomic mass is 31.2. The Morgan fingerprint density at radius 1 is 0.484 bits per heavy atom. The minimum absolute atomic E-state index is 0.506. The molecule has 0 atom stereocenters. The summed E-state index contributed by atoms with van der Waals surface area (Å²) in [7, 11) is -3.12. The predicted molar refractivity (Wildman–Crippen MR) is 137 cm³/mol. The number of nitrogens with one attached hydrogen (secondary N) is 1. The van der Waals surface area contributed by atoms with E-state index in [-0.39, 0.29) is 0 Å². The van der Waals surface area contributed by atoms with Crippen molar-refractivity contribution in [2.24, 2.45) is 0 Å². The Balaban J connectivity index is 3.49. The van der Waals surface area contributed by atoms with Crippen molar-refractivity contribution >= 4 is 7.75 Å². The minimum atomic E-state index is -3.12. The van der Waals surface area contributed by atoms with Gasteiger partial charge in [0.25, 0.3) is 0 Å². The molecule has 0 fully saturated rings. The van der Waals surface area contributed by atoms with Gasteiger partial charge in [-0.2, -0.15) is 0 Å². The second-order valence-electron chi connectivity index (χ2n) is 9.08. The average Bonchev–Trinajstić information content (AvgIpc) is 2.76. The molecule has 188 valence electrons. The highest BCUT2D eigenvalue weighted by Gasteiger charge is 2.23. The largest absolute Gasteiger partial charge is 0.405 e. The van der Waals surface area contributed by atoms with Gasteiger partial charge in [0.1, 0.15) is 0 Å². The SMILES string of the molecule is CCCCCCCCCCCCCCCCCCNP(=O)(OCCCC)OCCCC. The van der Waals surface area contributed by atoms with Gasteiger partial charge >= 0.3 is 7.75 Å². The maximum Gasteiger partial charge on any atom is 0.405 e. The summed E-state index contributed by atoms with van der Waals surface area (Å²) >= 11 is 0. The Morgan fingerprint density at radius 2 is 0.806 bits per heavy atom. The fourth-order valence-corrected chi connectivity index (χ4v) is 5.10. The van der Waals surface area contributed by atoms with E-state index in [0.717, 1.165) is 32.1 Å². The van der Waals surface area contributed by atoms with Gasteiger partial charge in [-0.25, -0.2) is 9.65 Å². The van der Waals surface area contributed by atoms with Crippen LogP contribution in [0.5, 0.6) is 0 Å². The van der Waals surface area contributed by atoms with E-state index >= 15 is 0 Å². The maximum absolute atomic E-state index is 12.8. The van der Waals surface area contributed by atoms with Crippen LogP contribution in [0.1, 0.15) is 149 Å². The van der Waals surface area contributed by atoms with Gasteiger partial charge in [0, 0.05) is 6.54 Å². The Hall–Kier alpha value is 0.110. The van der Waals surface area contributed by atoms with Gasteiger partial charge in [0.15, 0.2) is 0 Å².